The summed E-state index contributed by atoms with van der Waals surface area (Å²) in [5.41, 5.74) is 2.10. The number of nitrogens with one attached hydrogen (secondary N) is 2. The van der Waals surface area contributed by atoms with Gasteiger partial charge < -0.3 is 15.2 Å². The fraction of sp³-hybridized carbons (Fsp3) is 0.125. The van der Waals surface area contributed by atoms with E-state index < -0.39 is 0 Å². The lowest BCUT2D eigenvalue weighted by atomic mass is 10.2. The van der Waals surface area contributed by atoms with Crippen molar-refractivity contribution in [3.05, 3.63) is 65.9 Å². The maximum atomic E-state index is 12.2. The van der Waals surface area contributed by atoms with Gasteiger partial charge >= 0.3 is 0 Å². The Morgan fingerprint density at radius 2 is 2.00 bits per heavy atom. The van der Waals surface area contributed by atoms with Crippen LogP contribution in [-0.4, -0.2) is 21.0 Å². The normalized spacial score (nSPS) is 10.3. The molecule has 23 heavy (non-hydrogen) atoms. The van der Waals surface area contributed by atoms with Gasteiger partial charge in [0.05, 0.1) is 17.4 Å². The van der Waals surface area contributed by atoms with E-state index in [1.54, 1.807) is 37.6 Å². The van der Waals surface area contributed by atoms with Crippen LogP contribution >= 0.6 is 0 Å². The van der Waals surface area contributed by atoms with Gasteiger partial charge in [-0.2, -0.15) is 0 Å². The van der Waals surface area contributed by atoms with E-state index in [0.29, 0.717) is 29.4 Å². The van der Waals surface area contributed by atoms with Crippen LogP contribution in [0.1, 0.15) is 21.7 Å². The van der Waals surface area contributed by atoms with Crippen molar-refractivity contribution >= 4 is 17.4 Å². The van der Waals surface area contributed by atoms with Crippen molar-refractivity contribution in [1.29, 1.82) is 0 Å². The van der Waals surface area contributed by atoms with Gasteiger partial charge in [0.1, 0.15) is 5.76 Å². The van der Waals surface area contributed by atoms with Crippen LogP contribution in [0.5, 0.6) is 0 Å². The van der Waals surface area contributed by atoms with Crippen LogP contribution in [0.4, 0.5) is 11.5 Å². The molecule has 1 amide bonds. The van der Waals surface area contributed by atoms with E-state index in [0.717, 1.165) is 5.56 Å². The zero-order chi connectivity index (χ0) is 16.1. The van der Waals surface area contributed by atoms with Crippen LogP contribution in [0.25, 0.3) is 0 Å². The monoisotopic (exact) mass is 309 g/mol. The first-order chi connectivity index (χ1) is 11.2. The van der Waals surface area contributed by atoms with Gasteiger partial charge in [0.2, 0.25) is 0 Å². The minimum absolute atomic E-state index is 0.200. The standard InChI is InChI=1S/C16H15N5O2/c1-11-6-15(21-23-11)20-14-7-13(9-18-10-14)16(22)19-8-12-2-4-17-5-3-12/h2-7,9-10H,8H2,1H3,(H,19,22)(H,20,21). The summed E-state index contributed by atoms with van der Waals surface area (Å²) in [6.45, 7) is 2.24. The summed E-state index contributed by atoms with van der Waals surface area (Å²) in [7, 11) is 0. The molecule has 7 nitrogen and oxygen atoms in total. The lowest BCUT2D eigenvalue weighted by Gasteiger charge is -2.07. The quantitative estimate of drug-likeness (QED) is 0.752. The number of aromatic nitrogens is 3. The first kappa shape index (κ1) is 14.7. The molecule has 3 heterocycles. The molecular weight excluding hydrogens is 294 g/mol. The molecule has 0 bridgehead atoms. The van der Waals surface area contributed by atoms with Crippen LogP contribution in [0.3, 0.4) is 0 Å². The molecule has 0 saturated carbocycles. The molecule has 0 unspecified atom stereocenters. The molecule has 0 saturated heterocycles. The summed E-state index contributed by atoms with van der Waals surface area (Å²) in [5, 5.41) is 9.72. The molecular formula is C16H15N5O2. The molecule has 3 aromatic rings. The molecule has 0 aliphatic rings. The maximum Gasteiger partial charge on any atom is 0.253 e. The highest BCUT2D eigenvalue weighted by atomic mass is 16.5. The smallest absolute Gasteiger partial charge is 0.253 e. The molecule has 3 aromatic heterocycles. The summed E-state index contributed by atoms with van der Waals surface area (Å²) >= 11 is 0. The Morgan fingerprint density at radius 1 is 1.17 bits per heavy atom. The molecule has 116 valence electrons. The number of rotatable bonds is 5. The van der Waals surface area contributed by atoms with E-state index in [-0.39, 0.29) is 5.91 Å². The summed E-state index contributed by atoms with van der Waals surface area (Å²) < 4.78 is 4.98. The van der Waals surface area contributed by atoms with Gasteiger partial charge in [0.25, 0.3) is 5.91 Å². The number of pyridine rings is 2. The Bertz CT molecular complexity index is 801. The van der Waals surface area contributed by atoms with Crippen molar-refractivity contribution in [3.63, 3.8) is 0 Å². The van der Waals surface area contributed by atoms with E-state index >= 15 is 0 Å². The lowest BCUT2D eigenvalue weighted by molar-refractivity contribution is 0.0950. The van der Waals surface area contributed by atoms with Gasteiger partial charge in [0, 0.05) is 31.2 Å². The van der Waals surface area contributed by atoms with Crippen LogP contribution in [0.15, 0.2) is 53.6 Å². The molecule has 0 atom stereocenters. The van der Waals surface area contributed by atoms with Gasteiger partial charge in [-0.05, 0) is 30.7 Å². The third-order valence-electron chi connectivity index (χ3n) is 3.10. The van der Waals surface area contributed by atoms with Crippen molar-refractivity contribution in [2.45, 2.75) is 13.5 Å². The SMILES string of the molecule is Cc1cc(Nc2cncc(C(=O)NCc3ccncc3)c2)no1. The Morgan fingerprint density at radius 3 is 2.74 bits per heavy atom. The molecule has 3 rings (SSSR count). The summed E-state index contributed by atoms with van der Waals surface area (Å²) in [4.78, 5) is 20.2. The molecule has 7 heteroatoms. The number of hydrogen-bond acceptors (Lipinski definition) is 6. The van der Waals surface area contributed by atoms with Gasteiger partial charge in [-0.15, -0.1) is 0 Å². The number of aryl methyl sites for hydroxylation is 1. The molecule has 0 radical (unpaired) electrons. The zero-order valence-electron chi connectivity index (χ0n) is 12.5. The summed E-state index contributed by atoms with van der Waals surface area (Å²) in [6, 6.07) is 7.17. The zero-order valence-corrected chi connectivity index (χ0v) is 12.5. The second-order valence-corrected chi connectivity index (χ2v) is 4.95. The highest BCUT2D eigenvalue weighted by Crippen LogP contribution is 2.16. The molecule has 0 aromatic carbocycles. The molecule has 0 aliphatic carbocycles. The number of anilines is 2. The van der Waals surface area contributed by atoms with Crippen molar-refractivity contribution in [2.24, 2.45) is 0 Å². The van der Waals surface area contributed by atoms with Crippen LogP contribution < -0.4 is 10.6 Å². The third kappa shape index (κ3) is 3.91. The highest BCUT2D eigenvalue weighted by molar-refractivity contribution is 5.94. The van der Waals surface area contributed by atoms with E-state index in [4.69, 9.17) is 4.52 Å². The molecule has 2 N–H and O–H groups in total. The topological polar surface area (TPSA) is 92.9 Å². The maximum absolute atomic E-state index is 12.2. The average molecular weight is 309 g/mol. The minimum Gasteiger partial charge on any atom is -0.360 e. The van der Waals surface area contributed by atoms with E-state index in [1.807, 2.05) is 12.1 Å². The predicted octanol–water partition coefficient (Wildman–Crippen LogP) is 2.45. The van der Waals surface area contributed by atoms with Gasteiger partial charge in [0.15, 0.2) is 5.82 Å². The molecule has 0 spiro atoms. The fourth-order valence-electron chi connectivity index (χ4n) is 1.99. The van der Waals surface area contributed by atoms with Crippen LogP contribution in [0, 0.1) is 6.92 Å². The van der Waals surface area contributed by atoms with E-state index in [1.165, 1.54) is 6.20 Å². The Labute approximate surface area is 132 Å². The first-order valence-electron chi connectivity index (χ1n) is 7.03. The lowest BCUT2D eigenvalue weighted by Crippen LogP contribution is -2.23. The van der Waals surface area contributed by atoms with Crippen LogP contribution in [-0.2, 0) is 6.54 Å². The minimum atomic E-state index is -0.200. The Hall–Kier alpha value is -3.22. The van der Waals surface area contributed by atoms with E-state index in [9.17, 15) is 4.79 Å². The van der Waals surface area contributed by atoms with E-state index in [2.05, 4.69) is 25.8 Å². The van der Waals surface area contributed by atoms with Gasteiger partial charge in [-0.25, -0.2) is 0 Å². The molecule has 0 aliphatic heterocycles. The number of hydrogen-bond donors (Lipinski definition) is 2. The average Bonchev–Trinajstić information content (AvgIpc) is 2.99. The highest BCUT2D eigenvalue weighted by Gasteiger charge is 2.08. The van der Waals surface area contributed by atoms with Crippen molar-refractivity contribution in [2.75, 3.05) is 5.32 Å². The second kappa shape index (κ2) is 6.69. The number of amides is 1. The Kier molecular flexibility index (Phi) is 4.28. The summed E-state index contributed by atoms with van der Waals surface area (Å²) in [6.07, 6.45) is 6.51. The number of carbonyl (C=O) groups is 1. The molecule has 0 fully saturated rings. The number of carbonyl (C=O) groups excluding carboxylic acids is 1. The fourth-order valence-corrected chi connectivity index (χ4v) is 1.99. The third-order valence-corrected chi connectivity index (χ3v) is 3.10. The second-order valence-electron chi connectivity index (χ2n) is 4.95. The predicted molar refractivity (Wildman–Crippen MR) is 84.2 cm³/mol. The number of nitrogens with zero attached hydrogens (tertiary/aromatic N) is 3. The Balaban J connectivity index is 1.65. The van der Waals surface area contributed by atoms with Crippen molar-refractivity contribution in [1.82, 2.24) is 20.4 Å². The van der Waals surface area contributed by atoms with Gasteiger partial charge in [-0.3, -0.25) is 14.8 Å². The summed E-state index contributed by atoms with van der Waals surface area (Å²) in [5.74, 6) is 1.07. The largest absolute Gasteiger partial charge is 0.360 e. The van der Waals surface area contributed by atoms with Crippen molar-refractivity contribution in [3.8, 4) is 0 Å². The van der Waals surface area contributed by atoms with Gasteiger partial charge in [-0.1, -0.05) is 5.16 Å². The van der Waals surface area contributed by atoms with Crippen molar-refractivity contribution < 1.29 is 9.32 Å². The first-order valence-corrected chi connectivity index (χ1v) is 7.03. The van der Waals surface area contributed by atoms with Crippen LogP contribution in [0.2, 0.25) is 0 Å².